The fourth-order valence-corrected chi connectivity index (χ4v) is 3.33. The molecule has 0 amide bonds. The first-order chi connectivity index (χ1) is 14.4. The lowest BCUT2D eigenvalue weighted by atomic mass is 9.92. The molecule has 0 aromatic carbocycles. The summed E-state index contributed by atoms with van der Waals surface area (Å²) in [5, 5.41) is 0. The molecular formula is C26H38O5. The van der Waals surface area contributed by atoms with E-state index >= 15 is 0 Å². The number of carbonyl (C=O) groups is 3. The molecule has 0 aromatic heterocycles. The van der Waals surface area contributed by atoms with Crippen LogP contribution in [0.1, 0.15) is 87.0 Å². The third-order valence-corrected chi connectivity index (χ3v) is 4.95. The molecule has 1 aliphatic heterocycles. The molecule has 172 valence electrons. The summed E-state index contributed by atoms with van der Waals surface area (Å²) in [5.74, 6) is -2.53. The molecule has 1 atom stereocenters. The van der Waals surface area contributed by atoms with Gasteiger partial charge < -0.3 is 9.47 Å². The van der Waals surface area contributed by atoms with Crippen LogP contribution in [0.25, 0.3) is 0 Å². The van der Waals surface area contributed by atoms with E-state index in [-0.39, 0.29) is 23.7 Å². The summed E-state index contributed by atoms with van der Waals surface area (Å²) in [6.07, 6.45) is 11.9. The average Bonchev–Trinajstić information content (AvgIpc) is 2.59. The van der Waals surface area contributed by atoms with E-state index in [9.17, 15) is 14.4 Å². The first kappa shape index (κ1) is 26.6. The maximum Gasteiger partial charge on any atom is 0.337 e. The Bertz CT molecular complexity index is 789. The Labute approximate surface area is 187 Å². The molecule has 5 heteroatoms. The Morgan fingerprint density at radius 1 is 0.935 bits per heavy atom. The van der Waals surface area contributed by atoms with E-state index < -0.39 is 17.7 Å². The van der Waals surface area contributed by atoms with Gasteiger partial charge in [-0.05, 0) is 66.7 Å². The van der Waals surface area contributed by atoms with Gasteiger partial charge >= 0.3 is 5.97 Å². The Morgan fingerprint density at radius 2 is 1.52 bits per heavy atom. The number of hydrogen-bond acceptors (Lipinski definition) is 5. The third-order valence-electron chi connectivity index (χ3n) is 4.95. The Balaban J connectivity index is 2.80. The van der Waals surface area contributed by atoms with Crippen LogP contribution in [0.15, 0.2) is 46.8 Å². The van der Waals surface area contributed by atoms with Crippen molar-refractivity contribution in [2.45, 2.75) is 92.8 Å². The van der Waals surface area contributed by atoms with Crippen molar-refractivity contribution in [1.29, 1.82) is 0 Å². The van der Waals surface area contributed by atoms with E-state index in [0.717, 1.165) is 31.3 Å². The summed E-state index contributed by atoms with van der Waals surface area (Å²) in [4.78, 5) is 36.1. The molecule has 1 unspecified atom stereocenters. The molecule has 0 aromatic rings. The van der Waals surface area contributed by atoms with Crippen LogP contribution < -0.4 is 0 Å². The van der Waals surface area contributed by atoms with E-state index in [1.807, 2.05) is 13.0 Å². The van der Waals surface area contributed by atoms with E-state index in [0.29, 0.717) is 6.42 Å². The maximum absolute atomic E-state index is 12.7. The van der Waals surface area contributed by atoms with Gasteiger partial charge in [0.25, 0.3) is 0 Å². The van der Waals surface area contributed by atoms with Gasteiger partial charge in [0.2, 0.25) is 5.79 Å². The highest BCUT2D eigenvalue weighted by Gasteiger charge is 2.35. The summed E-state index contributed by atoms with van der Waals surface area (Å²) in [6, 6.07) is 0. The number of ketones is 2. The number of ether oxygens (including phenoxy) is 2. The maximum atomic E-state index is 12.7. The average molecular weight is 431 g/mol. The van der Waals surface area contributed by atoms with Crippen LogP contribution in [0.4, 0.5) is 0 Å². The molecule has 0 fully saturated rings. The van der Waals surface area contributed by atoms with Gasteiger partial charge in [-0.15, -0.1) is 0 Å². The van der Waals surface area contributed by atoms with Crippen LogP contribution in [-0.4, -0.2) is 23.3 Å². The topological polar surface area (TPSA) is 69.7 Å². The summed E-state index contributed by atoms with van der Waals surface area (Å²) < 4.78 is 10.9. The predicted molar refractivity (Wildman–Crippen MR) is 123 cm³/mol. The lowest BCUT2D eigenvalue weighted by molar-refractivity contribution is -0.208. The van der Waals surface area contributed by atoms with Crippen LogP contribution in [0, 0.1) is 5.92 Å². The second-order valence-electron chi connectivity index (χ2n) is 9.06. The largest absolute Gasteiger partial charge is 0.456 e. The summed E-state index contributed by atoms with van der Waals surface area (Å²) in [6.45, 7) is 13.0. The zero-order valence-corrected chi connectivity index (χ0v) is 20.2. The Morgan fingerprint density at radius 3 is 2.06 bits per heavy atom. The molecular weight excluding hydrogens is 392 g/mol. The summed E-state index contributed by atoms with van der Waals surface area (Å²) in [7, 11) is 0. The van der Waals surface area contributed by atoms with E-state index in [1.165, 1.54) is 24.1 Å². The first-order valence-corrected chi connectivity index (χ1v) is 11.0. The molecule has 0 saturated carbocycles. The fraction of sp³-hybridized carbons (Fsp3) is 0.577. The lowest BCUT2D eigenvalue weighted by Crippen LogP contribution is -2.37. The number of carbonyl (C=O) groups excluding carboxylic acids is 3. The number of cyclic esters (lactones) is 1. The van der Waals surface area contributed by atoms with Crippen molar-refractivity contribution in [2.24, 2.45) is 5.92 Å². The zero-order valence-electron chi connectivity index (χ0n) is 20.2. The third kappa shape index (κ3) is 11.0. The molecule has 0 bridgehead atoms. The highest BCUT2D eigenvalue weighted by molar-refractivity contribution is 6.00. The Kier molecular flexibility index (Phi) is 10.7. The molecule has 1 aliphatic rings. The SMILES string of the molecule is CC(=O)CC(=O)C(C/C=C(\C)CC/C=C(\C)CCC=C(C)C)C1=CC(=O)OC(C)(C)O1. The van der Waals surface area contributed by atoms with Crippen molar-refractivity contribution >= 4 is 17.5 Å². The quantitative estimate of drug-likeness (QED) is 0.211. The second kappa shape index (κ2) is 12.4. The van der Waals surface area contributed by atoms with Crippen molar-refractivity contribution in [2.75, 3.05) is 0 Å². The lowest BCUT2D eigenvalue weighted by Gasteiger charge is -2.33. The predicted octanol–water partition coefficient (Wildman–Crippen LogP) is 6.15. The summed E-state index contributed by atoms with van der Waals surface area (Å²) >= 11 is 0. The van der Waals surface area contributed by atoms with E-state index in [1.54, 1.807) is 13.8 Å². The van der Waals surface area contributed by atoms with Gasteiger partial charge in [-0.1, -0.05) is 34.9 Å². The number of hydrogen-bond donors (Lipinski definition) is 0. The molecule has 31 heavy (non-hydrogen) atoms. The molecule has 5 nitrogen and oxygen atoms in total. The minimum absolute atomic E-state index is 0.179. The van der Waals surface area contributed by atoms with Gasteiger partial charge in [0.1, 0.15) is 11.5 Å². The van der Waals surface area contributed by atoms with Crippen LogP contribution in [0.3, 0.4) is 0 Å². The van der Waals surface area contributed by atoms with Crippen molar-refractivity contribution < 1.29 is 23.9 Å². The van der Waals surface area contributed by atoms with Gasteiger partial charge in [-0.3, -0.25) is 9.59 Å². The second-order valence-corrected chi connectivity index (χ2v) is 9.06. The van der Waals surface area contributed by atoms with Crippen LogP contribution in [0.5, 0.6) is 0 Å². The van der Waals surface area contributed by atoms with Crippen molar-refractivity contribution in [3.8, 4) is 0 Å². The standard InChI is InChI=1S/C26H38O5/c1-18(2)10-8-11-19(3)12-9-13-20(4)14-15-22(23(28)16-21(5)27)24-17-25(29)31-26(6,7)30-24/h10,12,14,17,22H,8-9,11,13,15-16H2,1-7H3/b19-12+,20-14+. The van der Waals surface area contributed by atoms with Gasteiger partial charge in [0, 0.05) is 13.8 Å². The van der Waals surface area contributed by atoms with Crippen LogP contribution in [0.2, 0.25) is 0 Å². The van der Waals surface area contributed by atoms with Crippen molar-refractivity contribution in [3.63, 3.8) is 0 Å². The number of Topliss-reactive ketones (excluding diaryl/α,β-unsaturated/α-hetero) is 2. The Hall–Kier alpha value is -2.43. The van der Waals surface area contributed by atoms with Crippen molar-refractivity contribution in [1.82, 2.24) is 0 Å². The molecule has 0 aliphatic carbocycles. The smallest absolute Gasteiger partial charge is 0.337 e. The van der Waals surface area contributed by atoms with Crippen LogP contribution >= 0.6 is 0 Å². The fourth-order valence-electron chi connectivity index (χ4n) is 3.33. The molecule has 1 rings (SSSR count). The highest BCUT2D eigenvalue weighted by atomic mass is 16.7. The monoisotopic (exact) mass is 430 g/mol. The number of esters is 1. The zero-order chi connectivity index (χ0) is 23.6. The van der Waals surface area contributed by atoms with E-state index in [4.69, 9.17) is 9.47 Å². The number of rotatable bonds is 12. The minimum Gasteiger partial charge on any atom is -0.456 e. The summed E-state index contributed by atoms with van der Waals surface area (Å²) in [5.41, 5.74) is 3.88. The molecule has 0 saturated heterocycles. The van der Waals surface area contributed by atoms with E-state index in [2.05, 4.69) is 32.9 Å². The van der Waals surface area contributed by atoms with Crippen LogP contribution in [-0.2, 0) is 23.9 Å². The minimum atomic E-state index is -1.14. The van der Waals surface area contributed by atoms with Crippen molar-refractivity contribution in [3.05, 3.63) is 46.8 Å². The van der Waals surface area contributed by atoms with Gasteiger partial charge in [-0.25, -0.2) is 4.79 Å². The molecule has 1 heterocycles. The van der Waals surface area contributed by atoms with Gasteiger partial charge in [-0.2, -0.15) is 0 Å². The van der Waals surface area contributed by atoms with Gasteiger partial charge in [0.05, 0.1) is 18.4 Å². The normalized spacial score (nSPS) is 17.3. The first-order valence-electron chi connectivity index (χ1n) is 11.0. The molecule has 0 spiro atoms. The highest BCUT2D eigenvalue weighted by Crippen LogP contribution is 2.30. The van der Waals surface area contributed by atoms with Gasteiger partial charge in [0.15, 0.2) is 5.78 Å². The molecule has 0 N–H and O–H groups in total. The number of allylic oxidation sites excluding steroid dienone is 7. The molecule has 0 radical (unpaired) electrons.